The van der Waals surface area contributed by atoms with Gasteiger partial charge in [0, 0.05) is 6.54 Å². The molecular weight excluding hydrogens is 428 g/mol. The average Bonchev–Trinajstić information content (AvgIpc) is 3.23. The molecule has 1 aliphatic rings. The molecule has 1 fully saturated rings. The van der Waals surface area contributed by atoms with Crippen LogP contribution in [0.1, 0.15) is 60.8 Å². The minimum absolute atomic E-state index is 0.0700. The van der Waals surface area contributed by atoms with Crippen LogP contribution in [0.5, 0.6) is 0 Å². The Morgan fingerprint density at radius 3 is 2.12 bits per heavy atom. The zero-order valence-electron chi connectivity index (χ0n) is 20.8. The number of methoxy groups -OCH3 is 1. The predicted molar refractivity (Wildman–Crippen MR) is 123 cm³/mol. The number of nitrogens with zero attached hydrogens (tertiary/aromatic N) is 1. The van der Waals surface area contributed by atoms with E-state index in [4.69, 9.17) is 4.74 Å². The summed E-state index contributed by atoms with van der Waals surface area (Å²) in [7, 11) is 1.25. The van der Waals surface area contributed by atoms with Gasteiger partial charge in [0.25, 0.3) is 0 Å². The molecule has 4 amide bonds. The third kappa shape index (κ3) is 8.33. The van der Waals surface area contributed by atoms with Crippen LogP contribution < -0.4 is 16.0 Å². The summed E-state index contributed by atoms with van der Waals surface area (Å²) in [5.74, 6) is -1.49. The third-order valence-corrected chi connectivity index (χ3v) is 5.73. The Kier molecular flexibility index (Phi) is 11.3. The second-order valence-electron chi connectivity index (χ2n) is 9.65. The van der Waals surface area contributed by atoms with Crippen molar-refractivity contribution < 1.29 is 28.7 Å². The molecular formula is C23H40N4O6. The molecule has 188 valence electrons. The lowest BCUT2D eigenvalue weighted by Crippen LogP contribution is -2.58. The molecule has 1 saturated heterocycles. The maximum Gasteiger partial charge on any atom is 0.328 e. The van der Waals surface area contributed by atoms with Crippen LogP contribution in [0.3, 0.4) is 0 Å². The molecule has 0 aromatic carbocycles. The smallest absolute Gasteiger partial charge is 0.328 e. The van der Waals surface area contributed by atoms with Crippen molar-refractivity contribution >= 4 is 30.1 Å². The van der Waals surface area contributed by atoms with Crippen LogP contribution in [0.4, 0.5) is 4.79 Å². The number of esters is 1. The summed E-state index contributed by atoms with van der Waals surface area (Å²) in [5, 5.41) is 7.98. The van der Waals surface area contributed by atoms with Crippen molar-refractivity contribution in [3.63, 3.8) is 0 Å². The average molecular weight is 469 g/mol. The largest absolute Gasteiger partial charge is 0.467 e. The lowest BCUT2D eigenvalue weighted by molar-refractivity contribution is -0.143. The molecule has 0 unspecified atom stereocenters. The lowest BCUT2D eigenvalue weighted by Gasteiger charge is -2.31. The van der Waals surface area contributed by atoms with Gasteiger partial charge < -0.3 is 30.4 Å². The molecule has 0 saturated carbocycles. The van der Waals surface area contributed by atoms with Gasteiger partial charge >= 0.3 is 12.0 Å². The fourth-order valence-corrected chi connectivity index (χ4v) is 3.78. The summed E-state index contributed by atoms with van der Waals surface area (Å²) in [6.07, 6.45) is 2.22. The molecule has 0 aliphatic carbocycles. The molecule has 33 heavy (non-hydrogen) atoms. The molecule has 0 bridgehead atoms. The van der Waals surface area contributed by atoms with Crippen LogP contribution in [0, 0.1) is 17.8 Å². The molecule has 1 rings (SSSR count). The highest BCUT2D eigenvalue weighted by atomic mass is 16.5. The van der Waals surface area contributed by atoms with Gasteiger partial charge in [0.05, 0.1) is 13.2 Å². The van der Waals surface area contributed by atoms with E-state index in [1.807, 2.05) is 27.7 Å². The molecule has 0 radical (unpaired) electrons. The fourth-order valence-electron chi connectivity index (χ4n) is 3.78. The van der Waals surface area contributed by atoms with Crippen LogP contribution >= 0.6 is 0 Å². The Hall–Kier alpha value is -2.65. The second-order valence-corrected chi connectivity index (χ2v) is 9.65. The van der Waals surface area contributed by atoms with Gasteiger partial charge in [-0.05, 0) is 37.0 Å². The monoisotopic (exact) mass is 468 g/mol. The van der Waals surface area contributed by atoms with E-state index in [-0.39, 0.29) is 29.6 Å². The lowest BCUT2D eigenvalue weighted by atomic mass is 10.0. The van der Waals surface area contributed by atoms with E-state index in [0.29, 0.717) is 32.1 Å². The van der Waals surface area contributed by atoms with Crippen LogP contribution in [0.15, 0.2) is 0 Å². The number of likely N-dealkylation sites (tertiary alicyclic amines) is 1. The van der Waals surface area contributed by atoms with Crippen molar-refractivity contribution in [3.05, 3.63) is 0 Å². The molecule has 4 atom stereocenters. The number of hydrogen-bond donors (Lipinski definition) is 3. The minimum Gasteiger partial charge on any atom is -0.467 e. The first-order valence-electron chi connectivity index (χ1n) is 11.6. The van der Waals surface area contributed by atoms with Gasteiger partial charge in [-0.1, -0.05) is 41.5 Å². The van der Waals surface area contributed by atoms with Gasteiger partial charge in [-0.3, -0.25) is 9.59 Å². The van der Waals surface area contributed by atoms with Gasteiger partial charge in [-0.15, -0.1) is 0 Å². The maximum atomic E-state index is 13.3. The van der Waals surface area contributed by atoms with Crippen LogP contribution in [0.2, 0.25) is 0 Å². The Balaban J connectivity index is 2.92. The number of amides is 4. The van der Waals surface area contributed by atoms with Crippen LogP contribution in [-0.2, 0) is 23.9 Å². The highest BCUT2D eigenvalue weighted by molar-refractivity contribution is 5.93. The van der Waals surface area contributed by atoms with E-state index in [0.717, 1.165) is 0 Å². The van der Waals surface area contributed by atoms with Crippen molar-refractivity contribution in [1.82, 2.24) is 20.9 Å². The first-order valence-corrected chi connectivity index (χ1v) is 11.6. The summed E-state index contributed by atoms with van der Waals surface area (Å²) in [6, 6.07) is -3.70. The SMILES string of the molecule is COC(=O)[C@H](CC(C)C)NC(=O)N[C@H](C(=O)N1CCC[C@H]1C(=O)N[C@H](C=O)C(C)C)C(C)C. The number of rotatable bonds is 11. The van der Waals surface area contributed by atoms with Gasteiger partial charge in [0.15, 0.2) is 0 Å². The summed E-state index contributed by atoms with van der Waals surface area (Å²) in [4.78, 5) is 63.5. The van der Waals surface area contributed by atoms with Crippen molar-refractivity contribution in [3.8, 4) is 0 Å². The first kappa shape index (κ1) is 28.4. The summed E-state index contributed by atoms with van der Waals surface area (Å²) in [6.45, 7) is 11.5. The van der Waals surface area contributed by atoms with Gasteiger partial charge in [0.2, 0.25) is 11.8 Å². The second kappa shape index (κ2) is 13.2. The number of hydrogen-bond acceptors (Lipinski definition) is 6. The zero-order chi connectivity index (χ0) is 25.3. The standard InChI is InChI=1S/C23H40N4O6/c1-13(2)11-16(22(31)33-7)25-23(32)26-19(15(5)6)21(30)27-10-8-9-18(27)20(29)24-17(12-28)14(3)4/h12-19H,8-11H2,1-7H3,(H,24,29)(H2,25,26,32)/t16-,17+,18-,19-/m0/s1. The van der Waals surface area contributed by atoms with Gasteiger partial charge in [-0.25, -0.2) is 9.59 Å². The Bertz CT molecular complexity index is 709. The van der Waals surface area contributed by atoms with E-state index < -0.39 is 36.2 Å². The van der Waals surface area contributed by atoms with E-state index in [1.54, 1.807) is 13.8 Å². The van der Waals surface area contributed by atoms with Crippen LogP contribution in [0.25, 0.3) is 0 Å². The van der Waals surface area contributed by atoms with E-state index in [2.05, 4.69) is 16.0 Å². The number of nitrogens with one attached hydrogen (secondary N) is 3. The molecule has 3 N–H and O–H groups in total. The molecule has 1 aliphatic heterocycles. The van der Waals surface area contributed by atoms with Crippen LogP contribution in [-0.4, -0.2) is 72.8 Å². The van der Waals surface area contributed by atoms with Crippen molar-refractivity contribution in [2.75, 3.05) is 13.7 Å². The fraction of sp³-hybridized carbons (Fsp3) is 0.783. The normalized spacial score (nSPS) is 18.6. The number of aldehydes is 1. The van der Waals surface area contributed by atoms with Crippen molar-refractivity contribution in [2.24, 2.45) is 17.8 Å². The number of carbonyl (C=O) groups is 5. The third-order valence-electron chi connectivity index (χ3n) is 5.73. The summed E-state index contributed by atoms with van der Waals surface area (Å²) < 4.78 is 4.77. The van der Waals surface area contributed by atoms with Crippen molar-refractivity contribution in [2.45, 2.75) is 85.0 Å². The Morgan fingerprint density at radius 2 is 1.64 bits per heavy atom. The molecule has 0 aromatic heterocycles. The molecule has 0 spiro atoms. The maximum absolute atomic E-state index is 13.3. The molecule has 1 heterocycles. The first-order chi connectivity index (χ1) is 15.4. The quantitative estimate of drug-likeness (QED) is 0.308. The zero-order valence-corrected chi connectivity index (χ0v) is 20.8. The predicted octanol–water partition coefficient (Wildman–Crippen LogP) is 1.23. The number of ether oxygens (including phenoxy) is 1. The Morgan fingerprint density at radius 1 is 1.00 bits per heavy atom. The van der Waals surface area contributed by atoms with E-state index in [9.17, 15) is 24.0 Å². The van der Waals surface area contributed by atoms with Crippen molar-refractivity contribution in [1.29, 1.82) is 0 Å². The summed E-state index contributed by atoms with van der Waals surface area (Å²) in [5.41, 5.74) is 0. The molecule has 10 nitrogen and oxygen atoms in total. The molecule has 10 heteroatoms. The molecule has 0 aromatic rings. The van der Waals surface area contributed by atoms with Gasteiger partial charge in [-0.2, -0.15) is 0 Å². The highest BCUT2D eigenvalue weighted by Crippen LogP contribution is 2.21. The van der Waals surface area contributed by atoms with Gasteiger partial charge in [0.1, 0.15) is 24.4 Å². The summed E-state index contributed by atoms with van der Waals surface area (Å²) >= 11 is 0. The Labute approximate surface area is 196 Å². The number of carbonyl (C=O) groups excluding carboxylic acids is 5. The minimum atomic E-state index is -0.886. The number of urea groups is 1. The van der Waals surface area contributed by atoms with E-state index in [1.165, 1.54) is 12.0 Å². The highest BCUT2D eigenvalue weighted by Gasteiger charge is 2.39. The topological polar surface area (TPSA) is 134 Å². The van der Waals surface area contributed by atoms with E-state index >= 15 is 0 Å².